The lowest BCUT2D eigenvalue weighted by atomic mass is 10.1. The van der Waals surface area contributed by atoms with Crippen molar-refractivity contribution in [2.45, 2.75) is 38.3 Å². The van der Waals surface area contributed by atoms with Crippen molar-refractivity contribution in [3.63, 3.8) is 0 Å². The van der Waals surface area contributed by atoms with Crippen LogP contribution in [0.5, 0.6) is 0 Å². The highest BCUT2D eigenvalue weighted by Gasteiger charge is 2.41. The van der Waals surface area contributed by atoms with Crippen LogP contribution in [0.3, 0.4) is 0 Å². The SMILES string of the molecule is Cc1ccc(C(=O)NC2CCOC2C2CC2)cc1Br. The molecule has 1 heterocycles. The topological polar surface area (TPSA) is 38.3 Å². The van der Waals surface area contributed by atoms with Crippen molar-refractivity contribution in [3.05, 3.63) is 33.8 Å². The Morgan fingerprint density at radius 1 is 1.37 bits per heavy atom. The lowest BCUT2D eigenvalue weighted by Gasteiger charge is -2.19. The number of hydrogen-bond donors (Lipinski definition) is 1. The van der Waals surface area contributed by atoms with Gasteiger partial charge < -0.3 is 10.1 Å². The molecule has 1 N–H and O–H groups in total. The molecule has 2 fully saturated rings. The van der Waals surface area contributed by atoms with Gasteiger partial charge in [-0.25, -0.2) is 0 Å². The number of amides is 1. The summed E-state index contributed by atoms with van der Waals surface area (Å²) >= 11 is 3.47. The van der Waals surface area contributed by atoms with E-state index >= 15 is 0 Å². The van der Waals surface area contributed by atoms with Crippen LogP contribution >= 0.6 is 15.9 Å². The van der Waals surface area contributed by atoms with Crippen molar-refractivity contribution in [3.8, 4) is 0 Å². The molecule has 0 radical (unpaired) electrons. The van der Waals surface area contributed by atoms with Crippen LogP contribution in [-0.2, 0) is 4.74 Å². The van der Waals surface area contributed by atoms with Gasteiger partial charge in [-0.3, -0.25) is 4.79 Å². The van der Waals surface area contributed by atoms with Crippen LogP contribution in [0.4, 0.5) is 0 Å². The normalized spacial score (nSPS) is 26.4. The van der Waals surface area contributed by atoms with Crippen LogP contribution < -0.4 is 5.32 Å². The van der Waals surface area contributed by atoms with Crippen molar-refractivity contribution < 1.29 is 9.53 Å². The number of carbonyl (C=O) groups is 1. The fourth-order valence-electron chi connectivity index (χ4n) is 2.64. The van der Waals surface area contributed by atoms with E-state index in [1.54, 1.807) is 0 Å². The van der Waals surface area contributed by atoms with Crippen molar-refractivity contribution in [1.29, 1.82) is 0 Å². The van der Waals surface area contributed by atoms with Crippen LogP contribution in [-0.4, -0.2) is 24.7 Å². The highest BCUT2D eigenvalue weighted by Crippen LogP contribution is 2.38. The molecular formula is C15H18BrNO2. The summed E-state index contributed by atoms with van der Waals surface area (Å²) in [5, 5.41) is 3.13. The van der Waals surface area contributed by atoms with Gasteiger partial charge in [0.25, 0.3) is 5.91 Å². The molecule has 1 amide bonds. The minimum Gasteiger partial charge on any atom is -0.376 e. The van der Waals surface area contributed by atoms with Gasteiger partial charge in [0.1, 0.15) is 0 Å². The monoisotopic (exact) mass is 323 g/mol. The Hall–Kier alpha value is -0.870. The van der Waals surface area contributed by atoms with Gasteiger partial charge in [-0.1, -0.05) is 22.0 Å². The molecule has 1 aliphatic carbocycles. The van der Waals surface area contributed by atoms with E-state index in [2.05, 4.69) is 21.2 Å². The average molecular weight is 324 g/mol. The summed E-state index contributed by atoms with van der Waals surface area (Å²) in [5.41, 5.74) is 1.84. The number of hydrogen-bond acceptors (Lipinski definition) is 2. The largest absolute Gasteiger partial charge is 0.376 e. The number of benzene rings is 1. The lowest BCUT2D eigenvalue weighted by Crippen LogP contribution is -2.41. The molecule has 2 aliphatic rings. The molecule has 1 aromatic carbocycles. The third kappa shape index (κ3) is 2.84. The van der Waals surface area contributed by atoms with E-state index in [9.17, 15) is 4.79 Å². The summed E-state index contributed by atoms with van der Waals surface area (Å²) < 4.78 is 6.72. The second-order valence-electron chi connectivity index (χ2n) is 5.51. The van der Waals surface area contributed by atoms with E-state index in [0.717, 1.165) is 23.1 Å². The zero-order valence-corrected chi connectivity index (χ0v) is 12.6. The minimum atomic E-state index is 0.00171. The number of carbonyl (C=O) groups excluding carboxylic acids is 1. The Morgan fingerprint density at radius 2 is 2.16 bits per heavy atom. The average Bonchev–Trinajstić information content (AvgIpc) is 3.13. The molecule has 1 saturated carbocycles. The third-order valence-corrected chi connectivity index (χ3v) is 4.83. The first-order valence-electron chi connectivity index (χ1n) is 6.84. The molecule has 0 spiro atoms. The molecule has 19 heavy (non-hydrogen) atoms. The maximum absolute atomic E-state index is 12.3. The molecule has 2 atom stereocenters. The second-order valence-corrected chi connectivity index (χ2v) is 6.36. The Balaban J connectivity index is 1.68. The van der Waals surface area contributed by atoms with Crippen LogP contribution in [0.15, 0.2) is 22.7 Å². The highest BCUT2D eigenvalue weighted by molar-refractivity contribution is 9.10. The van der Waals surface area contributed by atoms with Gasteiger partial charge in [0, 0.05) is 16.6 Å². The van der Waals surface area contributed by atoms with E-state index in [1.807, 2.05) is 25.1 Å². The predicted octanol–water partition coefficient (Wildman–Crippen LogP) is 3.05. The predicted molar refractivity (Wildman–Crippen MR) is 77.2 cm³/mol. The minimum absolute atomic E-state index is 0.00171. The van der Waals surface area contributed by atoms with Crippen LogP contribution in [0.25, 0.3) is 0 Å². The second kappa shape index (κ2) is 5.25. The van der Waals surface area contributed by atoms with Gasteiger partial charge in [0.2, 0.25) is 0 Å². The van der Waals surface area contributed by atoms with Crippen LogP contribution in [0.1, 0.15) is 35.2 Å². The Bertz CT molecular complexity index is 499. The first kappa shape index (κ1) is 13.1. The van der Waals surface area contributed by atoms with E-state index in [-0.39, 0.29) is 18.1 Å². The molecule has 3 nitrogen and oxygen atoms in total. The lowest BCUT2D eigenvalue weighted by molar-refractivity contribution is 0.0729. The van der Waals surface area contributed by atoms with E-state index in [4.69, 9.17) is 4.74 Å². The number of ether oxygens (including phenoxy) is 1. The van der Waals surface area contributed by atoms with Crippen LogP contribution in [0, 0.1) is 12.8 Å². The van der Waals surface area contributed by atoms with E-state index in [0.29, 0.717) is 11.5 Å². The molecule has 2 unspecified atom stereocenters. The van der Waals surface area contributed by atoms with Crippen molar-refractivity contribution in [2.24, 2.45) is 5.92 Å². The zero-order valence-electron chi connectivity index (χ0n) is 11.0. The molecule has 3 rings (SSSR count). The van der Waals surface area contributed by atoms with Gasteiger partial charge in [0.05, 0.1) is 12.1 Å². The van der Waals surface area contributed by atoms with Crippen molar-refractivity contribution >= 4 is 21.8 Å². The van der Waals surface area contributed by atoms with Gasteiger partial charge in [-0.15, -0.1) is 0 Å². The standard InChI is InChI=1S/C15H18BrNO2/c1-9-2-3-11(8-12(9)16)15(18)17-13-6-7-19-14(13)10-4-5-10/h2-3,8,10,13-14H,4-7H2,1H3,(H,17,18). The van der Waals surface area contributed by atoms with Gasteiger partial charge >= 0.3 is 0 Å². The Labute approximate surface area is 121 Å². The number of nitrogens with one attached hydrogen (secondary N) is 1. The van der Waals surface area contributed by atoms with Gasteiger partial charge in [-0.05, 0) is 49.8 Å². The molecule has 4 heteroatoms. The number of aryl methyl sites for hydroxylation is 1. The third-order valence-electron chi connectivity index (χ3n) is 3.97. The van der Waals surface area contributed by atoms with Gasteiger partial charge in [0.15, 0.2) is 0 Å². The summed E-state index contributed by atoms with van der Waals surface area (Å²) in [6, 6.07) is 5.90. The molecule has 0 aromatic heterocycles. The Kier molecular flexibility index (Phi) is 3.63. The number of rotatable bonds is 3. The summed E-state index contributed by atoms with van der Waals surface area (Å²) in [5.74, 6) is 0.666. The maximum Gasteiger partial charge on any atom is 0.251 e. The summed E-state index contributed by atoms with van der Waals surface area (Å²) in [7, 11) is 0. The smallest absolute Gasteiger partial charge is 0.251 e. The molecule has 0 bridgehead atoms. The fraction of sp³-hybridized carbons (Fsp3) is 0.533. The molecule has 1 saturated heterocycles. The molecule has 1 aliphatic heterocycles. The van der Waals surface area contributed by atoms with Crippen molar-refractivity contribution in [2.75, 3.05) is 6.61 Å². The highest BCUT2D eigenvalue weighted by atomic mass is 79.9. The molecular weight excluding hydrogens is 306 g/mol. The van der Waals surface area contributed by atoms with Crippen LogP contribution in [0.2, 0.25) is 0 Å². The van der Waals surface area contributed by atoms with E-state index in [1.165, 1.54) is 12.8 Å². The first-order valence-corrected chi connectivity index (χ1v) is 7.63. The van der Waals surface area contributed by atoms with E-state index < -0.39 is 0 Å². The summed E-state index contributed by atoms with van der Waals surface area (Å²) in [4.78, 5) is 12.3. The summed E-state index contributed by atoms with van der Waals surface area (Å²) in [6.07, 6.45) is 3.65. The zero-order chi connectivity index (χ0) is 13.4. The maximum atomic E-state index is 12.3. The number of halogens is 1. The quantitative estimate of drug-likeness (QED) is 0.928. The van der Waals surface area contributed by atoms with Gasteiger partial charge in [-0.2, -0.15) is 0 Å². The Morgan fingerprint density at radius 3 is 2.84 bits per heavy atom. The van der Waals surface area contributed by atoms with Crippen molar-refractivity contribution in [1.82, 2.24) is 5.32 Å². The fourth-order valence-corrected chi connectivity index (χ4v) is 3.02. The first-order chi connectivity index (χ1) is 9.15. The molecule has 1 aromatic rings. The molecule has 102 valence electrons. The summed E-state index contributed by atoms with van der Waals surface area (Å²) in [6.45, 7) is 2.78.